The quantitative estimate of drug-likeness (QED) is 0.580. The fraction of sp³-hybridized carbons (Fsp3) is 0.526. The Hall–Kier alpha value is -1.15. The van der Waals surface area contributed by atoms with Crippen molar-refractivity contribution < 1.29 is 4.79 Å². The van der Waals surface area contributed by atoms with Crippen molar-refractivity contribution >= 4 is 13.9 Å². The number of rotatable bonds is 2. The van der Waals surface area contributed by atoms with Crippen LogP contribution in [0, 0.1) is 23.7 Å². The largest absolute Gasteiger partial charge is 0.299 e. The minimum atomic E-state index is -1.51. The van der Waals surface area contributed by atoms with Gasteiger partial charge in [-0.1, -0.05) is 62.1 Å². The number of Topliss-reactive ketones (excluding diaryl/α,β-unsaturated/α-hetero) is 1. The van der Waals surface area contributed by atoms with Gasteiger partial charge in [0.15, 0.2) is 0 Å². The summed E-state index contributed by atoms with van der Waals surface area (Å²) in [4.78, 5) is 13.2. The van der Waals surface area contributed by atoms with Gasteiger partial charge in [0.2, 0.25) is 0 Å². The van der Waals surface area contributed by atoms with Gasteiger partial charge in [0, 0.05) is 11.5 Å². The van der Waals surface area contributed by atoms with Gasteiger partial charge >= 0.3 is 0 Å². The SMILES string of the molecule is C[Si](C)(C)[C@H]1C(=O)[C@@H]2[C@H]([C@@H]1c1ccccc1)[C@H]1C=C[C@@H]2C1. The zero-order valence-electron chi connectivity index (χ0n) is 13.1. The molecule has 2 bridgehead atoms. The topological polar surface area (TPSA) is 17.1 Å². The fourth-order valence-electron chi connectivity index (χ4n) is 5.41. The summed E-state index contributed by atoms with van der Waals surface area (Å²) < 4.78 is 0. The molecule has 0 radical (unpaired) electrons. The molecule has 0 saturated heterocycles. The average molecular weight is 296 g/mol. The number of ketones is 1. The van der Waals surface area contributed by atoms with Crippen molar-refractivity contribution in [1.82, 2.24) is 0 Å². The van der Waals surface area contributed by atoms with Crippen molar-refractivity contribution in [3.8, 4) is 0 Å². The maximum absolute atomic E-state index is 13.2. The van der Waals surface area contributed by atoms with E-state index in [1.807, 2.05) is 0 Å². The molecule has 0 aliphatic heterocycles. The van der Waals surface area contributed by atoms with Crippen LogP contribution in [0.25, 0.3) is 0 Å². The highest BCUT2D eigenvalue weighted by Gasteiger charge is 2.62. The number of carbonyl (C=O) groups excluding carboxylic acids is 1. The van der Waals surface area contributed by atoms with Crippen LogP contribution in [-0.2, 0) is 4.79 Å². The normalized spacial score (nSPS) is 40.8. The van der Waals surface area contributed by atoms with E-state index < -0.39 is 8.07 Å². The summed E-state index contributed by atoms with van der Waals surface area (Å²) in [7, 11) is -1.51. The van der Waals surface area contributed by atoms with Crippen LogP contribution in [0.5, 0.6) is 0 Å². The highest BCUT2D eigenvalue weighted by atomic mass is 28.3. The lowest BCUT2D eigenvalue weighted by atomic mass is 9.78. The van der Waals surface area contributed by atoms with Gasteiger partial charge in [0.25, 0.3) is 0 Å². The third-order valence-electron chi connectivity index (χ3n) is 6.05. The van der Waals surface area contributed by atoms with Crippen molar-refractivity contribution in [2.45, 2.75) is 37.5 Å². The van der Waals surface area contributed by atoms with Gasteiger partial charge < -0.3 is 0 Å². The molecule has 0 heterocycles. The van der Waals surface area contributed by atoms with Crippen molar-refractivity contribution in [3.63, 3.8) is 0 Å². The third-order valence-corrected chi connectivity index (χ3v) is 8.56. The molecular weight excluding hydrogens is 272 g/mol. The molecule has 3 aliphatic carbocycles. The molecule has 2 saturated carbocycles. The number of benzene rings is 1. The molecule has 2 heteroatoms. The van der Waals surface area contributed by atoms with E-state index in [9.17, 15) is 4.79 Å². The van der Waals surface area contributed by atoms with E-state index in [1.54, 1.807) is 0 Å². The zero-order valence-corrected chi connectivity index (χ0v) is 14.1. The Morgan fingerprint density at radius 1 is 0.952 bits per heavy atom. The van der Waals surface area contributed by atoms with Gasteiger partial charge in [-0.2, -0.15) is 0 Å². The summed E-state index contributed by atoms with van der Waals surface area (Å²) in [5, 5.41) is 0. The molecule has 0 N–H and O–H groups in total. The van der Waals surface area contributed by atoms with Crippen LogP contribution in [0.2, 0.25) is 25.2 Å². The van der Waals surface area contributed by atoms with Gasteiger partial charge in [0.05, 0.1) is 8.07 Å². The number of fused-ring (bicyclic) bond motifs is 5. The van der Waals surface area contributed by atoms with Gasteiger partial charge in [-0.3, -0.25) is 4.79 Å². The molecule has 0 amide bonds. The van der Waals surface area contributed by atoms with E-state index in [0.717, 1.165) is 0 Å². The molecule has 1 aromatic carbocycles. The molecule has 3 aliphatic rings. The maximum atomic E-state index is 13.2. The van der Waals surface area contributed by atoms with E-state index in [1.165, 1.54) is 12.0 Å². The predicted octanol–water partition coefficient (Wildman–Crippen LogP) is 4.50. The van der Waals surface area contributed by atoms with Gasteiger partial charge in [-0.25, -0.2) is 0 Å². The van der Waals surface area contributed by atoms with Crippen LogP contribution in [-0.4, -0.2) is 13.9 Å². The first-order valence-electron chi connectivity index (χ1n) is 8.25. The summed E-state index contributed by atoms with van der Waals surface area (Å²) in [6.45, 7) is 7.13. The first kappa shape index (κ1) is 13.5. The fourth-order valence-corrected chi connectivity index (χ4v) is 7.95. The molecule has 2 fully saturated rings. The first-order chi connectivity index (χ1) is 9.98. The van der Waals surface area contributed by atoms with Crippen molar-refractivity contribution in [2.24, 2.45) is 23.7 Å². The molecule has 21 heavy (non-hydrogen) atoms. The van der Waals surface area contributed by atoms with Crippen LogP contribution in [0.4, 0.5) is 0 Å². The lowest BCUT2D eigenvalue weighted by Gasteiger charge is -2.33. The molecule has 0 aromatic heterocycles. The molecule has 0 spiro atoms. The monoisotopic (exact) mass is 296 g/mol. The number of hydrogen-bond donors (Lipinski definition) is 0. The molecule has 6 atom stereocenters. The Kier molecular flexibility index (Phi) is 2.84. The molecule has 110 valence electrons. The number of carbonyl (C=O) groups is 1. The standard InChI is InChI=1S/C19H24OSi/c1-21(2,3)19-17(12-7-5-4-6-8-12)15-13-9-10-14(11-13)16(15)18(19)20/h4-10,13-17,19H,11H2,1-3H3/t13-,14+,15+,16-,17-,19+/m0/s1. The van der Waals surface area contributed by atoms with Crippen LogP contribution in [0.15, 0.2) is 42.5 Å². The number of allylic oxidation sites excluding steroid dienone is 2. The van der Waals surface area contributed by atoms with E-state index >= 15 is 0 Å². The van der Waals surface area contributed by atoms with Gasteiger partial charge in [-0.15, -0.1) is 0 Å². The predicted molar refractivity (Wildman–Crippen MR) is 89.0 cm³/mol. The van der Waals surface area contributed by atoms with E-state index in [-0.39, 0.29) is 0 Å². The van der Waals surface area contributed by atoms with Crippen LogP contribution in [0.1, 0.15) is 17.9 Å². The Bertz CT molecular complexity index is 598. The van der Waals surface area contributed by atoms with E-state index in [0.29, 0.717) is 40.9 Å². The van der Waals surface area contributed by atoms with Crippen molar-refractivity contribution in [1.29, 1.82) is 0 Å². The summed E-state index contributed by atoms with van der Waals surface area (Å²) in [6.07, 6.45) is 5.96. The lowest BCUT2D eigenvalue weighted by molar-refractivity contribution is -0.121. The summed E-state index contributed by atoms with van der Waals surface area (Å²) >= 11 is 0. The van der Waals surface area contributed by atoms with E-state index in [2.05, 4.69) is 62.1 Å². The first-order valence-corrected chi connectivity index (χ1v) is 11.8. The van der Waals surface area contributed by atoms with Crippen LogP contribution < -0.4 is 0 Å². The van der Waals surface area contributed by atoms with Crippen LogP contribution >= 0.6 is 0 Å². The number of hydrogen-bond acceptors (Lipinski definition) is 1. The highest BCUT2D eigenvalue weighted by molar-refractivity contribution is 6.81. The van der Waals surface area contributed by atoms with Crippen LogP contribution in [0.3, 0.4) is 0 Å². The second kappa shape index (κ2) is 4.42. The van der Waals surface area contributed by atoms with Crippen molar-refractivity contribution in [3.05, 3.63) is 48.0 Å². The second-order valence-corrected chi connectivity index (χ2v) is 13.6. The molecule has 4 rings (SSSR count). The Morgan fingerprint density at radius 2 is 1.62 bits per heavy atom. The molecular formula is C19H24OSi. The Balaban J connectivity index is 1.83. The average Bonchev–Trinajstić information content (AvgIpc) is 3.10. The lowest BCUT2D eigenvalue weighted by Crippen LogP contribution is -2.35. The summed E-state index contributed by atoms with van der Waals surface area (Å²) in [5.41, 5.74) is 1.71. The minimum absolute atomic E-state index is 0.306. The van der Waals surface area contributed by atoms with E-state index in [4.69, 9.17) is 0 Å². The second-order valence-electron chi connectivity index (χ2n) is 8.23. The minimum Gasteiger partial charge on any atom is -0.299 e. The van der Waals surface area contributed by atoms with Crippen molar-refractivity contribution in [2.75, 3.05) is 0 Å². The molecule has 0 unspecified atom stereocenters. The molecule has 1 nitrogen and oxygen atoms in total. The smallest absolute Gasteiger partial charge is 0.137 e. The summed E-state index contributed by atoms with van der Waals surface area (Å²) in [5.74, 6) is 3.16. The summed E-state index contributed by atoms with van der Waals surface area (Å²) in [6, 6.07) is 10.9. The van der Waals surface area contributed by atoms with Gasteiger partial charge in [0.1, 0.15) is 5.78 Å². The highest BCUT2D eigenvalue weighted by Crippen LogP contribution is 2.64. The van der Waals surface area contributed by atoms with Gasteiger partial charge in [-0.05, 0) is 35.7 Å². The molecule has 1 aromatic rings. The third kappa shape index (κ3) is 1.84. The Labute approximate surface area is 128 Å². The Morgan fingerprint density at radius 3 is 2.29 bits per heavy atom. The zero-order chi connectivity index (χ0) is 14.8. The maximum Gasteiger partial charge on any atom is 0.137 e.